The molecule has 0 aliphatic rings. The van der Waals surface area contributed by atoms with Crippen molar-refractivity contribution < 1.29 is 9.21 Å². The van der Waals surface area contributed by atoms with Crippen molar-refractivity contribution in [1.82, 2.24) is 10.2 Å². The Kier molecular flexibility index (Phi) is 6.07. The average Bonchev–Trinajstić information content (AvgIpc) is 3.10. The van der Waals surface area contributed by atoms with Gasteiger partial charge in [0, 0.05) is 12.1 Å². The number of hydrogen-bond acceptors (Lipinski definition) is 5. The van der Waals surface area contributed by atoms with E-state index in [9.17, 15) is 4.79 Å². The summed E-state index contributed by atoms with van der Waals surface area (Å²) in [6, 6.07) is 17.9. The molecule has 3 rings (SSSR count). The Morgan fingerprint density at radius 1 is 1.12 bits per heavy atom. The number of aromatic nitrogens is 2. The number of benzene rings is 2. The number of para-hydroxylation sites is 1. The van der Waals surface area contributed by atoms with Crippen LogP contribution in [0.2, 0.25) is 0 Å². The molecule has 5 nitrogen and oxygen atoms in total. The molecule has 6 heteroatoms. The number of thioether (sulfide) groups is 1. The van der Waals surface area contributed by atoms with Crippen LogP contribution in [0.4, 0.5) is 5.69 Å². The van der Waals surface area contributed by atoms with Crippen LogP contribution in [0.1, 0.15) is 29.9 Å². The second kappa shape index (κ2) is 8.67. The lowest BCUT2D eigenvalue weighted by molar-refractivity contribution is -0.113. The highest BCUT2D eigenvalue weighted by atomic mass is 32.2. The minimum atomic E-state index is -0.0956. The average molecular weight is 367 g/mol. The number of nitrogens with zero attached hydrogens (tertiary/aromatic N) is 2. The first-order valence-electron chi connectivity index (χ1n) is 8.47. The Bertz CT molecular complexity index is 864. The van der Waals surface area contributed by atoms with Crippen molar-refractivity contribution in [3.8, 4) is 0 Å². The summed E-state index contributed by atoms with van der Waals surface area (Å²) in [7, 11) is 0. The number of nitrogens with one attached hydrogen (secondary N) is 1. The maximum Gasteiger partial charge on any atom is 0.277 e. The summed E-state index contributed by atoms with van der Waals surface area (Å²) < 4.78 is 5.66. The van der Waals surface area contributed by atoms with Crippen LogP contribution in [-0.4, -0.2) is 21.9 Å². The van der Waals surface area contributed by atoms with Gasteiger partial charge in [-0.3, -0.25) is 4.79 Å². The van der Waals surface area contributed by atoms with Gasteiger partial charge in [-0.05, 0) is 30.0 Å². The van der Waals surface area contributed by atoms with Gasteiger partial charge in [-0.1, -0.05) is 67.2 Å². The van der Waals surface area contributed by atoms with Gasteiger partial charge in [-0.15, -0.1) is 10.2 Å². The molecule has 0 spiro atoms. The fourth-order valence-electron chi connectivity index (χ4n) is 2.57. The first kappa shape index (κ1) is 18.2. The third-order valence-corrected chi connectivity index (χ3v) is 4.86. The fraction of sp³-hybridized carbons (Fsp3) is 0.250. The summed E-state index contributed by atoms with van der Waals surface area (Å²) >= 11 is 1.25. The molecule has 1 aromatic heterocycles. The van der Waals surface area contributed by atoms with E-state index >= 15 is 0 Å². The van der Waals surface area contributed by atoms with Gasteiger partial charge in [0.05, 0.1) is 5.75 Å². The van der Waals surface area contributed by atoms with Gasteiger partial charge in [-0.25, -0.2) is 0 Å². The zero-order valence-electron chi connectivity index (χ0n) is 14.8. The van der Waals surface area contributed by atoms with Crippen molar-refractivity contribution in [2.24, 2.45) is 0 Å². The van der Waals surface area contributed by atoms with Crippen LogP contribution in [0, 0.1) is 6.92 Å². The van der Waals surface area contributed by atoms with Crippen molar-refractivity contribution in [3.63, 3.8) is 0 Å². The Balaban J connectivity index is 1.51. The van der Waals surface area contributed by atoms with Crippen molar-refractivity contribution >= 4 is 23.4 Å². The van der Waals surface area contributed by atoms with Gasteiger partial charge in [0.1, 0.15) is 0 Å². The lowest BCUT2D eigenvalue weighted by atomic mass is 9.98. The van der Waals surface area contributed by atoms with E-state index in [0.29, 0.717) is 23.5 Å². The third-order valence-electron chi connectivity index (χ3n) is 4.04. The van der Waals surface area contributed by atoms with Gasteiger partial charge < -0.3 is 9.73 Å². The molecule has 1 heterocycles. The Morgan fingerprint density at radius 3 is 2.62 bits per heavy atom. The summed E-state index contributed by atoms with van der Waals surface area (Å²) in [6.07, 6.45) is 0.674. The zero-order valence-corrected chi connectivity index (χ0v) is 15.6. The first-order chi connectivity index (χ1) is 12.6. The highest BCUT2D eigenvalue weighted by Gasteiger charge is 2.14. The Hall–Kier alpha value is -2.60. The molecule has 0 saturated carbocycles. The van der Waals surface area contributed by atoms with Gasteiger partial charge >= 0.3 is 0 Å². The standard InChI is InChI=1S/C20H21N3O2S/c1-14-8-6-7-11-17(14)21-18(24)13-26-20-23-22-19(25-20)12-15(2)16-9-4-3-5-10-16/h3-11,15H,12-13H2,1-2H3,(H,21,24). The molecular formula is C20H21N3O2S. The molecule has 3 aromatic rings. The van der Waals surface area contributed by atoms with Crippen molar-refractivity contribution in [2.45, 2.75) is 31.4 Å². The summed E-state index contributed by atoms with van der Waals surface area (Å²) in [5.41, 5.74) is 3.08. The summed E-state index contributed by atoms with van der Waals surface area (Å²) in [6.45, 7) is 4.09. The molecule has 1 amide bonds. The number of carbonyl (C=O) groups excluding carboxylic acids is 1. The van der Waals surface area contributed by atoms with E-state index < -0.39 is 0 Å². The summed E-state index contributed by atoms with van der Waals surface area (Å²) in [5.74, 6) is 1.01. The topological polar surface area (TPSA) is 68.0 Å². The van der Waals surface area contributed by atoms with Crippen molar-refractivity contribution in [1.29, 1.82) is 0 Å². The van der Waals surface area contributed by atoms with Gasteiger partial charge in [0.15, 0.2) is 0 Å². The normalized spacial score (nSPS) is 11.9. The van der Waals surface area contributed by atoms with Crippen LogP contribution in [0.3, 0.4) is 0 Å². The van der Waals surface area contributed by atoms with E-state index in [0.717, 1.165) is 11.3 Å². The van der Waals surface area contributed by atoms with E-state index in [-0.39, 0.29) is 11.7 Å². The van der Waals surface area contributed by atoms with Crippen LogP contribution in [-0.2, 0) is 11.2 Å². The van der Waals surface area contributed by atoms with Crippen molar-refractivity contribution in [2.75, 3.05) is 11.1 Å². The Labute approximate surface area is 157 Å². The molecule has 2 aromatic carbocycles. The maximum absolute atomic E-state index is 12.1. The van der Waals surface area contributed by atoms with Crippen LogP contribution < -0.4 is 5.32 Å². The second-order valence-corrected chi connectivity index (χ2v) is 7.06. The van der Waals surface area contributed by atoms with Crippen LogP contribution in [0.25, 0.3) is 0 Å². The molecule has 0 aliphatic carbocycles. The lowest BCUT2D eigenvalue weighted by Gasteiger charge is -2.08. The van der Waals surface area contributed by atoms with Gasteiger partial charge in [0.2, 0.25) is 11.8 Å². The molecule has 1 N–H and O–H groups in total. The van der Waals surface area contributed by atoms with E-state index in [1.165, 1.54) is 17.3 Å². The molecule has 0 saturated heterocycles. The maximum atomic E-state index is 12.1. The lowest BCUT2D eigenvalue weighted by Crippen LogP contribution is -2.14. The molecule has 0 radical (unpaired) electrons. The summed E-state index contributed by atoms with van der Waals surface area (Å²) in [5, 5.41) is 11.4. The molecule has 1 atom stereocenters. The minimum absolute atomic E-state index is 0.0956. The highest BCUT2D eigenvalue weighted by molar-refractivity contribution is 7.99. The second-order valence-electron chi connectivity index (χ2n) is 6.13. The third kappa shape index (κ3) is 4.95. The first-order valence-corrected chi connectivity index (χ1v) is 9.46. The van der Waals surface area contributed by atoms with Crippen molar-refractivity contribution in [3.05, 3.63) is 71.6 Å². The smallest absolute Gasteiger partial charge is 0.277 e. The quantitative estimate of drug-likeness (QED) is 0.625. The SMILES string of the molecule is Cc1ccccc1NC(=O)CSc1nnc(CC(C)c2ccccc2)o1. The zero-order chi connectivity index (χ0) is 18.4. The van der Waals surface area contributed by atoms with Crippen LogP contribution in [0.5, 0.6) is 0 Å². The number of anilines is 1. The number of hydrogen-bond donors (Lipinski definition) is 1. The number of amides is 1. The predicted octanol–water partition coefficient (Wildman–Crippen LogP) is 4.46. The molecule has 0 bridgehead atoms. The van der Waals surface area contributed by atoms with Gasteiger partial charge in [-0.2, -0.15) is 0 Å². The summed E-state index contributed by atoms with van der Waals surface area (Å²) in [4.78, 5) is 12.1. The fourth-order valence-corrected chi connectivity index (χ4v) is 3.15. The molecule has 26 heavy (non-hydrogen) atoms. The monoisotopic (exact) mass is 367 g/mol. The molecule has 0 aliphatic heterocycles. The van der Waals surface area contributed by atoms with Gasteiger partial charge in [0.25, 0.3) is 5.22 Å². The number of carbonyl (C=O) groups is 1. The number of aryl methyl sites for hydroxylation is 1. The number of rotatable bonds is 7. The van der Waals surface area contributed by atoms with Crippen LogP contribution >= 0.6 is 11.8 Å². The highest BCUT2D eigenvalue weighted by Crippen LogP contribution is 2.22. The van der Waals surface area contributed by atoms with E-state index in [1.54, 1.807) is 0 Å². The van der Waals surface area contributed by atoms with E-state index in [4.69, 9.17) is 4.42 Å². The molecule has 134 valence electrons. The molecule has 0 fully saturated rings. The predicted molar refractivity (Wildman–Crippen MR) is 103 cm³/mol. The minimum Gasteiger partial charge on any atom is -0.416 e. The largest absolute Gasteiger partial charge is 0.416 e. The molecule has 1 unspecified atom stereocenters. The Morgan fingerprint density at radius 2 is 1.85 bits per heavy atom. The molecular weight excluding hydrogens is 346 g/mol. The van der Waals surface area contributed by atoms with Crippen LogP contribution in [0.15, 0.2) is 64.2 Å². The van der Waals surface area contributed by atoms with E-state index in [2.05, 4.69) is 34.6 Å². The van der Waals surface area contributed by atoms with E-state index in [1.807, 2.05) is 49.4 Å².